The van der Waals surface area contributed by atoms with Gasteiger partial charge in [0.1, 0.15) is 5.82 Å². The molecule has 3 heteroatoms. The van der Waals surface area contributed by atoms with Gasteiger partial charge < -0.3 is 5.32 Å². The van der Waals surface area contributed by atoms with Gasteiger partial charge in [0.15, 0.2) is 0 Å². The summed E-state index contributed by atoms with van der Waals surface area (Å²) < 4.78 is 2.10. The van der Waals surface area contributed by atoms with Gasteiger partial charge in [-0.1, -0.05) is 26.0 Å². The molecule has 0 fully saturated rings. The van der Waals surface area contributed by atoms with E-state index in [4.69, 9.17) is 5.10 Å². The van der Waals surface area contributed by atoms with Crippen LogP contribution >= 0.6 is 0 Å². The second-order valence-corrected chi connectivity index (χ2v) is 5.67. The first-order valence-corrected chi connectivity index (χ1v) is 7.02. The van der Waals surface area contributed by atoms with E-state index in [0.717, 1.165) is 13.0 Å². The number of benzene rings is 1. The van der Waals surface area contributed by atoms with Crippen LogP contribution in [0, 0.1) is 13.8 Å². The molecule has 1 aromatic carbocycles. The van der Waals surface area contributed by atoms with Crippen molar-refractivity contribution in [3.8, 4) is 5.69 Å². The van der Waals surface area contributed by atoms with E-state index in [0.29, 0.717) is 5.92 Å². The Balaban J connectivity index is 2.21. The van der Waals surface area contributed by atoms with Crippen LogP contribution in [0.25, 0.3) is 5.69 Å². The fraction of sp³-hybridized carbons (Fsp3) is 0.438. The van der Waals surface area contributed by atoms with Gasteiger partial charge in [-0.2, -0.15) is 5.10 Å². The molecule has 19 heavy (non-hydrogen) atoms. The van der Waals surface area contributed by atoms with Crippen LogP contribution in [0.4, 0.5) is 5.82 Å². The van der Waals surface area contributed by atoms with E-state index in [1.165, 1.54) is 33.9 Å². The maximum atomic E-state index is 4.86. The quantitative estimate of drug-likeness (QED) is 0.889. The maximum absolute atomic E-state index is 4.86. The maximum Gasteiger partial charge on any atom is 0.133 e. The zero-order valence-electron chi connectivity index (χ0n) is 12.1. The Morgan fingerprint density at radius 3 is 2.79 bits per heavy atom. The molecule has 0 saturated carbocycles. The van der Waals surface area contributed by atoms with Crippen LogP contribution in [0.15, 0.2) is 18.2 Å². The predicted molar refractivity (Wildman–Crippen MR) is 79.3 cm³/mol. The molecule has 0 radical (unpaired) electrons. The van der Waals surface area contributed by atoms with Crippen LogP contribution in [0.2, 0.25) is 0 Å². The molecule has 0 amide bonds. The van der Waals surface area contributed by atoms with Crippen molar-refractivity contribution < 1.29 is 0 Å². The van der Waals surface area contributed by atoms with Gasteiger partial charge in [0.2, 0.25) is 0 Å². The lowest BCUT2D eigenvalue weighted by atomic mass is 10.1. The Kier molecular flexibility index (Phi) is 2.85. The van der Waals surface area contributed by atoms with Gasteiger partial charge in [-0.15, -0.1) is 0 Å². The number of aryl methyl sites for hydroxylation is 1. The fourth-order valence-electron chi connectivity index (χ4n) is 2.80. The van der Waals surface area contributed by atoms with Crippen LogP contribution in [0.3, 0.4) is 0 Å². The smallest absolute Gasteiger partial charge is 0.133 e. The molecule has 0 unspecified atom stereocenters. The number of anilines is 1. The van der Waals surface area contributed by atoms with Crippen molar-refractivity contribution in [1.29, 1.82) is 0 Å². The lowest BCUT2D eigenvalue weighted by molar-refractivity contribution is 0.754. The third-order valence-electron chi connectivity index (χ3n) is 4.03. The van der Waals surface area contributed by atoms with Gasteiger partial charge in [0.25, 0.3) is 0 Å². The Morgan fingerprint density at radius 2 is 2.05 bits per heavy atom. The summed E-state index contributed by atoms with van der Waals surface area (Å²) in [5.74, 6) is 1.66. The SMILES string of the molecule is Cc1cccc(-n2nc(C(C)C)c3c2NCC3)c1C. The molecule has 1 aliphatic heterocycles. The molecule has 0 bridgehead atoms. The Morgan fingerprint density at radius 1 is 1.26 bits per heavy atom. The first-order valence-electron chi connectivity index (χ1n) is 7.02. The second-order valence-electron chi connectivity index (χ2n) is 5.67. The second kappa shape index (κ2) is 4.41. The van der Waals surface area contributed by atoms with Gasteiger partial charge in [0, 0.05) is 12.1 Å². The fourth-order valence-corrected chi connectivity index (χ4v) is 2.80. The molecule has 1 aromatic heterocycles. The molecule has 0 saturated heterocycles. The van der Waals surface area contributed by atoms with Crippen molar-refractivity contribution in [1.82, 2.24) is 9.78 Å². The lowest BCUT2D eigenvalue weighted by Crippen LogP contribution is -2.07. The number of hydrogen-bond acceptors (Lipinski definition) is 2. The monoisotopic (exact) mass is 255 g/mol. The minimum absolute atomic E-state index is 0.472. The Bertz CT molecular complexity index is 623. The van der Waals surface area contributed by atoms with E-state index in [1.54, 1.807) is 0 Å². The summed E-state index contributed by atoms with van der Waals surface area (Å²) in [6.45, 7) is 9.78. The first kappa shape index (κ1) is 12.3. The third-order valence-corrected chi connectivity index (χ3v) is 4.03. The van der Waals surface area contributed by atoms with Gasteiger partial charge in [-0.25, -0.2) is 4.68 Å². The lowest BCUT2D eigenvalue weighted by Gasteiger charge is -2.11. The van der Waals surface area contributed by atoms with Crippen LogP contribution in [0.5, 0.6) is 0 Å². The number of nitrogens with zero attached hydrogens (tertiary/aromatic N) is 2. The van der Waals surface area contributed by atoms with Crippen molar-refractivity contribution >= 4 is 5.82 Å². The topological polar surface area (TPSA) is 29.9 Å². The van der Waals surface area contributed by atoms with Crippen molar-refractivity contribution in [3.63, 3.8) is 0 Å². The van der Waals surface area contributed by atoms with Crippen molar-refractivity contribution in [2.24, 2.45) is 0 Å². The molecule has 2 aromatic rings. The number of hydrogen-bond donors (Lipinski definition) is 1. The van der Waals surface area contributed by atoms with E-state index in [1.807, 2.05) is 0 Å². The molecule has 0 aliphatic carbocycles. The Labute approximate surface area is 114 Å². The number of nitrogens with one attached hydrogen (secondary N) is 1. The summed E-state index contributed by atoms with van der Waals surface area (Å²) in [4.78, 5) is 0. The number of aromatic nitrogens is 2. The van der Waals surface area contributed by atoms with E-state index in [-0.39, 0.29) is 0 Å². The average molecular weight is 255 g/mol. The normalized spacial score (nSPS) is 13.7. The minimum Gasteiger partial charge on any atom is -0.369 e. The predicted octanol–water partition coefficient (Wildman–Crippen LogP) is 3.58. The standard InChI is InChI=1S/C16H21N3/c1-10(2)15-13-8-9-17-16(13)19(18-15)14-7-5-6-11(3)12(14)4/h5-7,10,17H,8-9H2,1-4H3. The van der Waals surface area contributed by atoms with Crippen LogP contribution in [-0.4, -0.2) is 16.3 Å². The highest BCUT2D eigenvalue weighted by Gasteiger charge is 2.24. The molecular weight excluding hydrogens is 234 g/mol. The van der Waals surface area contributed by atoms with E-state index in [9.17, 15) is 0 Å². The van der Waals surface area contributed by atoms with Crippen molar-refractivity contribution in [2.45, 2.75) is 40.0 Å². The minimum atomic E-state index is 0.472. The molecule has 100 valence electrons. The van der Waals surface area contributed by atoms with E-state index >= 15 is 0 Å². The van der Waals surface area contributed by atoms with Crippen LogP contribution < -0.4 is 5.32 Å². The first-order chi connectivity index (χ1) is 9.09. The van der Waals surface area contributed by atoms with Gasteiger partial charge in [-0.05, 0) is 43.4 Å². The molecule has 1 aliphatic rings. The van der Waals surface area contributed by atoms with Crippen molar-refractivity contribution in [2.75, 3.05) is 11.9 Å². The summed E-state index contributed by atoms with van der Waals surface area (Å²) in [6, 6.07) is 6.41. The summed E-state index contributed by atoms with van der Waals surface area (Å²) in [5.41, 5.74) is 6.44. The van der Waals surface area contributed by atoms with Crippen LogP contribution in [0.1, 0.15) is 42.1 Å². The van der Waals surface area contributed by atoms with E-state index in [2.05, 4.69) is 55.9 Å². The summed E-state index contributed by atoms with van der Waals surface area (Å²) in [5, 5.41) is 8.35. The molecule has 0 atom stereocenters. The number of fused-ring (bicyclic) bond motifs is 1. The zero-order chi connectivity index (χ0) is 13.6. The Hall–Kier alpha value is -1.77. The van der Waals surface area contributed by atoms with E-state index < -0.39 is 0 Å². The summed E-state index contributed by atoms with van der Waals surface area (Å²) in [6.07, 6.45) is 1.09. The molecule has 0 spiro atoms. The molecule has 3 rings (SSSR count). The highest BCUT2D eigenvalue weighted by molar-refractivity contribution is 5.59. The van der Waals surface area contributed by atoms with Gasteiger partial charge in [-0.3, -0.25) is 0 Å². The molecule has 1 N–H and O–H groups in total. The zero-order valence-corrected chi connectivity index (χ0v) is 12.1. The number of rotatable bonds is 2. The molecule has 2 heterocycles. The molecule has 3 nitrogen and oxygen atoms in total. The highest BCUT2D eigenvalue weighted by Crippen LogP contribution is 2.33. The summed E-state index contributed by atoms with van der Waals surface area (Å²) in [7, 11) is 0. The average Bonchev–Trinajstić information content (AvgIpc) is 2.94. The van der Waals surface area contributed by atoms with Crippen molar-refractivity contribution in [3.05, 3.63) is 40.6 Å². The third kappa shape index (κ3) is 1.84. The highest BCUT2D eigenvalue weighted by atomic mass is 15.3. The molecular formula is C16H21N3. The largest absolute Gasteiger partial charge is 0.369 e. The summed E-state index contributed by atoms with van der Waals surface area (Å²) >= 11 is 0. The van der Waals surface area contributed by atoms with Crippen LogP contribution in [-0.2, 0) is 6.42 Å². The van der Waals surface area contributed by atoms with Gasteiger partial charge >= 0.3 is 0 Å². The van der Waals surface area contributed by atoms with Gasteiger partial charge in [0.05, 0.1) is 11.4 Å².